The Bertz CT molecular complexity index is 461. The van der Waals surface area contributed by atoms with E-state index in [4.69, 9.17) is 14.2 Å². The van der Waals surface area contributed by atoms with Crippen molar-refractivity contribution in [1.82, 2.24) is 4.90 Å². The molecule has 4 aliphatic rings. The average Bonchev–Trinajstić information content (AvgIpc) is 2.64. The molecule has 0 bridgehead atoms. The van der Waals surface area contributed by atoms with Gasteiger partial charge in [0.2, 0.25) is 0 Å². The van der Waals surface area contributed by atoms with Crippen molar-refractivity contribution in [3.05, 3.63) is 0 Å². The Morgan fingerprint density at radius 1 is 0.760 bits per heavy atom. The van der Waals surface area contributed by atoms with E-state index in [9.17, 15) is 5.11 Å². The number of nitrogens with zero attached hydrogens (tertiary/aromatic N) is 1. The Hall–Kier alpha value is -0.200. The lowest BCUT2D eigenvalue weighted by Gasteiger charge is -2.56. The summed E-state index contributed by atoms with van der Waals surface area (Å²) in [6.07, 6.45) is 6.98. The van der Waals surface area contributed by atoms with Gasteiger partial charge in [-0.2, -0.15) is 0 Å². The molecule has 5 nitrogen and oxygen atoms in total. The molecule has 9 unspecified atom stereocenters. The number of ether oxygens (including phenoxy) is 3. The van der Waals surface area contributed by atoms with Crippen LogP contribution < -0.4 is 0 Å². The highest BCUT2D eigenvalue weighted by molar-refractivity contribution is 5.02. The van der Waals surface area contributed by atoms with Gasteiger partial charge in [-0.3, -0.25) is 4.90 Å². The van der Waals surface area contributed by atoms with Crippen molar-refractivity contribution in [3.63, 3.8) is 0 Å². The third kappa shape index (κ3) is 3.27. The largest absolute Gasteiger partial charge is 0.390 e. The first-order chi connectivity index (χ1) is 12.1. The highest BCUT2D eigenvalue weighted by atomic mass is 16.5. The number of aliphatic hydroxyl groups excluding tert-OH is 1. The molecule has 0 radical (unpaired) electrons. The summed E-state index contributed by atoms with van der Waals surface area (Å²) in [5.74, 6) is 2.84. The van der Waals surface area contributed by atoms with Gasteiger partial charge in [0, 0.05) is 33.9 Å². The van der Waals surface area contributed by atoms with Crippen molar-refractivity contribution < 1.29 is 19.3 Å². The van der Waals surface area contributed by atoms with Gasteiger partial charge in [-0.15, -0.1) is 0 Å². The molecule has 2 aliphatic carbocycles. The maximum atomic E-state index is 10.5. The minimum absolute atomic E-state index is 0.0409. The molecule has 2 heterocycles. The SMILES string of the molecule is COC1CC2CCN3CC4CC(OC)C(OC)CC4CC3C2CC1O. The third-order valence-electron chi connectivity index (χ3n) is 7.91. The van der Waals surface area contributed by atoms with Crippen LogP contribution in [0.15, 0.2) is 0 Å². The second kappa shape index (κ2) is 7.43. The van der Waals surface area contributed by atoms with Crippen LogP contribution >= 0.6 is 0 Å². The van der Waals surface area contributed by atoms with Crippen LogP contribution in [0.2, 0.25) is 0 Å². The monoisotopic (exact) mass is 353 g/mol. The van der Waals surface area contributed by atoms with E-state index in [0.29, 0.717) is 12.0 Å². The van der Waals surface area contributed by atoms with Gasteiger partial charge in [-0.1, -0.05) is 0 Å². The molecule has 25 heavy (non-hydrogen) atoms. The molecular weight excluding hydrogens is 318 g/mol. The number of aliphatic hydroxyl groups is 1. The predicted octanol–water partition coefficient (Wildman–Crippen LogP) is 1.92. The van der Waals surface area contributed by atoms with Crippen molar-refractivity contribution in [2.45, 2.75) is 69.0 Å². The first-order valence-electron chi connectivity index (χ1n) is 10.1. The fraction of sp³-hybridized carbons (Fsp3) is 1.00. The second-order valence-corrected chi connectivity index (χ2v) is 8.86. The second-order valence-electron chi connectivity index (χ2n) is 8.86. The van der Waals surface area contributed by atoms with Gasteiger partial charge in [-0.05, 0) is 68.7 Å². The van der Waals surface area contributed by atoms with Gasteiger partial charge >= 0.3 is 0 Å². The Balaban J connectivity index is 1.47. The number of fused-ring (bicyclic) bond motifs is 4. The Labute approximate surface area is 152 Å². The summed E-state index contributed by atoms with van der Waals surface area (Å²) in [6.45, 7) is 2.42. The molecule has 144 valence electrons. The normalized spacial score (nSPS) is 50.6. The maximum absolute atomic E-state index is 10.5. The highest BCUT2D eigenvalue weighted by Crippen LogP contribution is 2.48. The predicted molar refractivity (Wildman–Crippen MR) is 95.4 cm³/mol. The molecule has 2 saturated carbocycles. The van der Waals surface area contributed by atoms with Gasteiger partial charge in [0.15, 0.2) is 0 Å². The van der Waals surface area contributed by atoms with E-state index >= 15 is 0 Å². The Morgan fingerprint density at radius 3 is 2.08 bits per heavy atom. The van der Waals surface area contributed by atoms with Crippen LogP contribution in [0.3, 0.4) is 0 Å². The quantitative estimate of drug-likeness (QED) is 0.840. The topological polar surface area (TPSA) is 51.2 Å². The van der Waals surface area contributed by atoms with E-state index in [1.54, 1.807) is 7.11 Å². The molecule has 5 heteroatoms. The summed E-state index contributed by atoms with van der Waals surface area (Å²) in [5, 5.41) is 10.5. The average molecular weight is 354 g/mol. The summed E-state index contributed by atoms with van der Waals surface area (Å²) in [7, 11) is 5.39. The van der Waals surface area contributed by atoms with Gasteiger partial charge in [0.25, 0.3) is 0 Å². The fourth-order valence-corrected chi connectivity index (χ4v) is 6.53. The number of rotatable bonds is 3. The number of methoxy groups -OCH3 is 3. The summed E-state index contributed by atoms with van der Waals surface area (Å²) in [5.41, 5.74) is 0. The molecule has 0 spiro atoms. The lowest BCUT2D eigenvalue weighted by Crippen LogP contribution is -2.60. The van der Waals surface area contributed by atoms with Crippen molar-refractivity contribution in [1.29, 1.82) is 0 Å². The number of hydrogen-bond donors (Lipinski definition) is 1. The Morgan fingerprint density at radius 2 is 1.40 bits per heavy atom. The van der Waals surface area contributed by atoms with Crippen LogP contribution in [0.5, 0.6) is 0 Å². The van der Waals surface area contributed by atoms with E-state index in [0.717, 1.165) is 43.4 Å². The van der Waals surface area contributed by atoms with Crippen molar-refractivity contribution in [3.8, 4) is 0 Å². The molecule has 0 aromatic rings. The maximum Gasteiger partial charge on any atom is 0.0836 e. The molecule has 0 amide bonds. The van der Waals surface area contributed by atoms with E-state index in [2.05, 4.69) is 4.90 Å². The lowest BCUT2D eigenvalue weighted by molar-refractivity contribution is -0.139. The molecule has 0 aromatic heterocycles. The van der Waals surface area contributed by atoms with Crippen LogP contribution in [0.25, 0.3) is 0 Å². The zero-order chi connectivity index (χ0) is 17.6. The molecule has 9 atom stereocenters. The number of piperidine rings is 2. The van der Waals surface area contributed by atoms with Crippen molar-refractivity contribution in [2.24, 2.45) is 23.7 Å². The lowest BCUT2D eigenvalue weighted by atomic mass is 9.62. The van der Waals surface area contributed by atoms with Crippen molar-refractivity contribution >= 4 is 0 Å². The summed E-state index contributed by atoms with van der Waals surface area (Å²) in [6, 6.07) is 0.643. The van der Waals surface area contributed by atoms with Gasteiger partial charge in [0.05, 0.1) is 24.4 Å². The fourth-order valence-electron chi connectivity index (χ4n) is 6.53. The standard InChI is InChI=1S/C20H35NO4/c1-23-18-7-12-4-5-21-11-14-9-20(25-3)19(24-2)8-13(14)6-16(21)15(12)10-17(18)22/h12-20,22H,4-11H2,1-3H3. The first kappa shape index (κ1) is 18.2. The van der Waals surface area contributed by atoms with Crippen LogP contribution in [0.1, 0.15) is 38.5 Å². The minimum atomic E-state index is -0.292. The van der Waals surface area contributed by atoms with E-state index in [-0.39, 0.29) is 24.4 Å². The molecule has 2 aliphatic heterocycles. The number of hydrogen-bond acceptors (Lipinski definition) is 5. The smallest absolute Gasteiger partial charge is 0.0836 e. The van der Waals surface area contributed by atoms with Crippen LogP contribution in [-0.4, -0.2) is 74.9 Å². The van der Waals surface area contributed by atoms with Crippen LogP contribution in [0.4, 0.5) is 0 Å². The molecule has 4 fully saturated rings. The van der Waals surface area contributed by atoms with Gasteiger partial charge in [0.1, 0.15) is 0 Å². The van der Waals surface area contributed by atoms with Crippen molar-refractivity contribution in [2.75, 3.05) is 34.4 Å². The Kier molecular flexibility index (Phi) is 5.40. The molecule has 4 rings (SSSR count). The summed E-state index contributed by atoms with van der Waals surface area (Å²) < 4.78 is 17.0. The zero-order valence-electron chi connectivity index (χ0n) is 16.0. The van der Waals surface area contributed by atoms with E-state index in [1.807, 2.05) is 14.2 Å². The summed E-state index contributed by atoms with van der Waals surface area (Å²) in [4.78, 5) is 2.74. The van der Waals surface area contributed by atoms with Gasteiger partial charge in [-0.25, -0.2) is 0 Å². The third-order valence-corrected chi connectivity index (χ3v) is 7.91. The van der Waals surface area contributed by atoms with E-state index < -0.39 is 0 Å². The minimum Gasteiger partial charge on any atom is -0.390 e. The van der Waals surface area contributed by atoms with Crippen LogP contribution in [0, 0.1) is 23.7 Å². The van der Waals surface area contributed by atoms with Crippen LogP contribution in [-0.2, 0) is 14.2 Å². The molecule has 1 N–H and O–H groups in total. The highest BCUT2D eigenvalue weighted by Gasteiger charge is 2.50. The summed E-state index contributed by atoms with van der Waals surface area (Å²) >= 11 is 0. The molecule has 0 aromatic carbocycles. The van der Waals surface area contributed by atoms with Gasteiger partial charge < -0.3 is 19.3 Å². The molecular formula is C20H35NO4. The molecule has 2 saturated heterocycles. The first-order valence-corrected chi connectivity index (χ1v) is 10.1. The zero-order valence-corrected chi connectivity index (χ0v) is 16.0. The van der Waals surface area contributed by atoms with E-state index in [1.165, 1.54) is 25.9 Å².